The standard InChI is InChI=1S/C33H24N6O8.K/c34-26(40)20-8-4-10-22(16-20)38-30(44)24(28(42)36-32(38)46)14-12-19(18-6-2-1-3-7-18)13-15-25-29(43)37-33(47)39(31(25)45)23-11-5-9-21(17-23)27(35)41;/h1-17,42H,(H2,34,40)(H2,35,41)(H,36,46)(H,37,43,47);/q;+1/p-1. The Kier molecular flexibility index (Phi) is 11.0. The van der Waals surface area contributed by atoms with Crippen LogP contribution in [-0.2, 0) is 9.59 Å². The first-order valence-electron chi connectivity index (χ1n) is 13.7. The molecule has 1 aliphatic heterocycles. The molecule has 1 aliphatic rings. The summed E-state index contributed by atoms with van der Waals surface area (Å²) < 4.78 is 0.672. The van der Waals surface area contributed by atoms with Gasteiger partial charge in [-0.25, -0.2) is 19.1 Å². The minimum absolute atomic E-state index is 0. The molecule has 0 bridgehead atoms. The molecule has 4 aromatic rings. The van der Waals surface area contributed by atoms with E-state index in [1.165, 1.54) is 60.7 Å². The van der Waals surface area contributed by atoms with Crippen LogP contribution in [-0.4, -0.2) is 39.2 Å². The van der Waals surface area contributed by atoms with Gasteiger partial charge in [0, 0.05) is 16.7 Å². The number of primary amides is 2. The maximum atomic E-state index is 13.4. The smallest absolute Gasteiger partial charge is 0.860 e. The van der Waals surface area contributed by atoms with Crippen molar-refractivity contribution in [3.63, 3.8) is 0 Å². The number of aromatic amines is 1. The number of nitrogens with two attached hydrogens (primary N) is 2. The minimum Gasteiger partial charge on any atom is -0.860 e. The van der Waals surface area contributed by atoms with Crippen molar-refractivity contribution in [2.24, 2.45) is 11.5 Å². The number of aromatic nitrogens is 2. The molecule has 6 N–H and O–H groups in total. The molecule has 1 aromatic heterocycles. The van der Waals surface area contributed by atoms with Crippen LogP contribution in [0.1, 0.15) is 31.8 Å². The first kappa shape index (κ1) is 35.4. The first-order valence-corrected chi connectivity index (χ1v) is 13.7. The monoisotopic (exact) mass is 670 g/mol. The molecular weight excluding hydrogens is 647 g/mol. The number of H-pyrrole nitrogens is 1. The second-order valence-corrected chi connectivity index (χ2v) is 9.94. The maximum Gasteiger partial charge on any atom is 1.00 e. The number of hydrogen-bond acceptors (Lipinski definition) is 8. The third-order valence-corrected chi connectivity index (χ3v) is 6.95. The van der Waals surface area contributed by atoms with Gasteiger partial charge in [-0.15, -0.1) is 0 Å². The molecule has 48 heavy (non-hydrogen) atoms. The zero-order valence-electron chi connectivity index (χ0n) is 25.1. The quantitative estimate of drug-likeness (QED) is 0.0715. The fourth-order valence-corrected chi connectivity index (χ4v) is 4.64. The molecule has 0 spiro atoms. The molecule has 3 aromatic carbocycles. The molecule has 14 nitrogen and oxygen atoms in total. The van der Waals surface area contributed by atoms with E-state index < -0.39 is 57.9 Å². The maximum absolute atomic E-state index is 13.4. The Hall–Kier alpha value is -5.45. The molecule has 0 saturated carbocycles. The number of barbiturate groups is 1. The molecule has 6 amide bonds. The average molecular weight is 671 g/mol. The Morgan fingerprint density at radius 1 is 0.771 bits per heavy atom. The number of allylic oxidation sites excluding steroid dienone is 4. The van der Waals surface area contributed by atoms with Gasteiger partial charge in [-0.1, -0.05) is 54.6 Å². The van der Waals surface area contributed by atoms with Crippen molar-refractivity contribution in [3.05, 3.63) is 146 Å². The van der Waals surface area contributed by atoms with Crippen LogP contribution in [0.4, 0.5) is 10.5 Å². The number of amides is 6. The third-order valence-electron chi connectivity index (χ3n) is 6.95. The second kappa shape index (κ2) is 15.0. The Bertz CT molecular complexity index is 2200. The SMILES string of the molecule is NC(=O)c1cccc(N2C(=O)NC(=O)C(=CC=C(C=Cc3c([O-])[nH]c(=O)n(-c4cccc(C(N)=O)c4)c3=O)c3ccccc3)C2=O)c1.[K+]. The summed E-state index contributed by atoms with van der Waals surface area (Å²) in [5.41, 5.74) is 8.62. The van der Waals surface area contributed by atoms with Gasteiger partial charge in [0.2, 0.25) is 11.8 Å². The number of benzene rings is 3. The molecule has 15 heteroatoms. The van der Waals surface area contributed by atoms with E-state index in [2.05, 4.69) is 10.3 Å². The van der Waals surface area contributed by atoms with Crippen LogP contribution < -0.4 is 89.4 Å². The Morgan fingerprint density at radius 2 is 1.35 bits per heavy atom. The van der Waals surface area contributed by atoms with Crippen molar-refractivity contribution < 1.29 is 80.5 Å². The zero-order valence-corrected chi connectivity index (χ0v) is 28.3. The van der Waals surface area contributed by atoms with E-state index in [-0.39, 0.29) is 73.9 Å². The van der Waals surface area contributed by atoms with E-state index in [1.807, 2.05) is 0 Å². The van der Waals surface area contributed by atoms with Gasteiger partial charge in [0.25, 0.3) is 17.4 Å². The summed E-state index contributed by atoms with van der Waals surface area (Å²) in [5, 5.41) is 14.8. The largest absolute Gasteiger partial charge is 1.00 e. The van der Waals surface area contributed by atoms with Crippen molar-refractivity contribution in [3.8, 4) is 11.6 Å². The van der Waals surface area contributed by atoms with Crippen molar-refractivity contribution in [2.45, 2.75) is 0 Å². The molecule has 0 aliphatic carbocycles. The summed E-state index contributed by atoms with van der Waals surface area (Å²) in [6.07, 6.45) is 5.02. The van der Waals surface area contributed by atoms with Gasteiger partial charge in [0.15, 0.2) is 0 Å². The summed E-state index contributed by atoms with van der Waals surface area (Å²) in [4.78, 5) is 90.8. The van der Waals surface area contributed by atoms with E-state index in [9.17, 15) is 38.7 Å². The van der Waals surface area contributed by atoms with Gasteiger partial charge in [-0.05, 0) is 65.6 Å². The van der Waals surface area contributed by atoms with Crippen LogP contribution in [0.25, 0.3) is 17.3 Å². The Labute approximate surface area is 313 Å². The molecule has 0 atom stereocenters. The van der Waals surface area contributed by atoms with Gasteiger partial charge < -0.3 is 21.6 Å². The van der Waals surface area contributed by atoms with Crippen molar-refractivity contribution in [2.75, 3.05) is 4.90 Å². The van der Waals surface area contributed by atoms with Crippen molar-refractivity contribution >= 4 is 47.0 Å². The molecule has 5 rings (SSSR count). The summed E-state index contributed by atoms with van der Waals surface area (Å²) in [6.45, 7) is 0. The van der Waals surface area contributed by atoms with Crippen LogP contribution >= 0.6 is 0 Å². The van der Waals surface area contributed by atoms with Crippen LogP contribution in [0.5, 0.6) is 5.88 Å². The molecule has 1 fully saturated rings. The zero-order chi connectivity index (χ0) is 33.8. The van der Waals surface area contributed by atoms with Crippen LogP contribution in [0.3, 0.4) is 0 Å². The van der Waals surface area contributed by atoms with Crippen molar-refractivity contribution in [1.82, 2.24) is 14.9 Å². The third kappa shape index (κ3) is 7.40. The number of carbonyl (C=O) groups is 5. The number of anilines is 1. The normalized spacial score (nSPS) is 14.2. The van der Waals surface area contributed by atoms with Crippen molar-refractivity contribution in [1.29, 1.82) is 0 Å². The minimum atomic E-state index is -1.04. The number of nitrogens with zero attached hydrogens (tertiary/aromatic N) is 2. The molecular formula is C33H23KN6O8. The van der Waals surface area contributed by atoms with Gasteiger partial charge in [-0.2, -0.15) is 0 Å². The first-order chi connectivity index (χ1) is 22.5. The topological polar surface area (TPSA) is 231 Å². The van der Waals surface area contributed by atoms with E-state index in [1.54, 1.807) is 30.3 Å². The number of imide groups is 2. The fraction of sp³-hybridized carbons (Fsp3) is 0. The van der Waals surface area contributed by atoms with Gasteiger partial charge in [-0.3, -0.25) is 29.3 Å². The fourth-order valence-electron chi connectivity index (χ4n) is 4.64. The number of carbonyl (C=O) groups excluding carboxylic acids is 5. The van der Waals surface area contributed by atoms with Gasteiger partial charge in [0.05, 0.1) is 11.4 Å². The van der Waals surface area contributed by atoms with Crippen LogP contribution in [0.15, 0.2) is 112 Å². The second-order valence-electron chi connectivity index (χ2n) is 9.94. The predicted molar refractivity (Wildman–Crippen MR) is 168 cm³/mol. The number of nitrogens with one attached hydrogen (secondary N) is 2. The van der Waals surface area contributed by atoms with Crippen LogP contribution in [0.2, 0.25) is 0 Å². The van der Waals surface area contributed by atoms with E-state index in [0.717, 1.165) is 12.2 Å². The predicted octanol–water partition coefficient (Wildman–Crippen LogP) is -1.89. The van der Waals surface area contributed by atoms with E-state index >= 15 is 0 Å². The summed E-state index contributed by atoms with van der Waals surface area (Å²) in [5.74, 6) is -4.55. The van der Waals surface area contributed by atoms with Crippen LogP contribution in [0, 0.1) is 0 Å². The van der Waals surface area contributed by atoms with E-state index in [4.69, 9.17) is 11.5 Å². The number of rotatable bonds is 8. The summed E-state index contributed by atoms with van der Waals surface area (Å²) in [7, 11) is 0. The van der Waals surface area contributed by atoms with Gasteiger partial charge in [0.1, 0.15) is 5.57 Å². The Morgan fingerprint density at radius 3 is 1.98 bits per heavy atom. The Balaban J connectivity index is 0.00000520. The van der Waals surface area contributed by atoms with Gasteiger partial charge >= 0.3 is 63.1 Å². The molecule has 0 unspecified atom stereocenters. The molecule has 0 radical (unpaired) electrons. The molecule has 2 heterocycles. The summed E-state index contributed by atoms with van der Waals surface area (Å²) >= 11 is 0. The molecule has 234 valence electrons. The van der Waals surface area contributed by atoms with E-state index in [0.29, 0.717) is 20.6 Å². The number of urea groups is 1. The molecule has 1 saturated heterocycles. The average Bonchev–Trinajstić information content (AvgIpc) is 3.04. The summed E-state index contributed by atoms with van der Waals surface area (Å²) in [6, 6.07) is 18.3. The number of hydrogen-bond donors (Lipinski definition) is 4.